The maximum atomic E-state index is 11.9. The van der Waals surface area contributed by atoms with Crippen LogP contribution in [0.2, 0.25) is 0 Å². The Bertz CT molecular complexity index is 441. The predicted molar refractivity (Wildman–Crippen MR) is 77.1 cm³/mol. The molecule has 1 amide bonds. The van der Waals surface area contributed by atoms with Crippen molar-refractivity contribution < 1.29 is 9.72 Å². The molecule has 0 aromatic carbocycles. The molecule has 1 N–H and O–H groups in total. The molecule has 5 heteroatoms. The number of carbonyl (C=O) groups excluding carboxylic acids is 1. The molecule has 5 aliphatic rings. The van der Waals surface area contributed by atoms with Gasteiger partial charge in [-0.15, -0.1) is 0 Å². The van der Waals surface area contributed by atoms with Gasteiger partial charge in [0.2, 0.25) is 11.9 Å². The lowest BCUT2D eigenvalue weighted by atomic mass is 9.49. The third-order valence-corrected chi connectivity index (χ3v) is 6.48. The number of rotatable bonds is 5. The predicted octanol–water partition coefficient (Wildman–Crippen LogP) is 2.37. The average molecular weight is 292 g/mol. The van der Waals surface area contributed by atoms with Crippen molar-refractivity contribution in [2.75, 3.05) is 6.54 Å². The number of nitrogens with zero attached hydrogens (tertiary/aromatic N) is 1. The van der Waals surface area contributed by atoms with Crippen LogP contribution in [0.1, 0.15) is 51.4 Å². The van der Waals surface area contributed by atoms with Gasteiger partial charge < -0.3 is 5.32 Å². The largest absolute Gasteiger partial charge is 0.356 e. The van der Waals surface area contributed by atoms with Crippen LogP contribution in [-0.4, -0.2) is 23.4 Å². The van der Waals surface area contributed by atoms with Gasteiger partial charge in [-0.25, -0.2) is 0 Å². The van der Waals surface area contributed by atoms with Crippen molar-refractivity contribution >= 4 is 5.91 Å². The maximum absolute atomic E-state index is 11.9. The molecule has 0 aliphatic heterocycles. The molecule has 0 unspecified atom stereocenters. The minimum Gasteiger partial charge on any atom is -0.356 e. The molecule has 0 saturated heterocycles. The van der Waals surface area contributed by atoms with E-state index < -0.39 is 6.04 Å². The second-order valence-electron chi connectivity index (χ2n) is 8.15. The number of nitro groups is 1. The molecule has 2 atom stereocenters. The number of nitrogens with one attached hydrogen (secondary N) is 1. The van der Waals surface area contributed by atoms with Crippen molar-refractivity contribution in [3.63, 3.8) is 0 Å². The summed E-state index contributed by atoms with van der Waals surface area (Å²) >= 11 is 0. The average Bonchev–Trinajstić information content (AvgIpc) is 3.16. The minimum atomic E-state index is -0.621. The van der Waals surface area contributed by atoms with Gasteiger partial charge in [0.25, 0.3) is 0 Å². The minimum absolute atomic E-state index is 0.0959. The van der Waals surface area contributed by atoms with E-state index in [1.54, 1.807) is 0 Å². The van der Waals surface area contributed by atoms with E-state index in [1.807, 2.05) is 0 Å². The molecule has 0 aromatic heterocycles. The summed E-state index contributed by atoms with van der Waals surface area (Å²) in [7, 11) is 0. The molecular formula is C16H24N2O3. The molecule has 0 spiro atoms. The fourth-order valence-corrected chi connectivity index (χ4v) is 5.87. The Morgan fingerprint density at radius 2 is 1.67 bits per heavy atom. The first-order chi connectivity index (χ1) is 10.0. The number of amides is 1. The molecule has 0 radical (unpaired) electrons. The first-order valence-electron chi connectivity index (χ1n) is 8.46. The summed E-state index contributed by atoms with van der Waals surface area (Å²) in [4.78, 5) is 22.2. The molecule has 5 aliphatic carbocycles. The number of carbonyl (C=O) groups is 1. The Labute approximate surface area is 125 Å². The van der Waals surface area contributed by atoms with E-state index in [-0.39, 0.29) is 16.7 Å². The van der Waals surface area contributed by atoms with Crippen LogP contribution in [0.5, 0.6) is 0 Å². The molecular weight excluding hydrogens is 268 g/mol. The lowest BCUT2D eigenvalue weighted by Crippen LogP contribution is -2.47. The van der Waals surface area contributed by atoms with Gasteiger partial charge in [-0.3, -0.25) is 14.9 Å². The van der Waals surface area contributed by atoms with Crippen LogP contribution in [0.25, 0.3) is 0 Å². The van der Waals surface area contributed by atoms with E-state index in [1.165, 1.54) is 38.5 Å². The van der Waals surface area contributed by atoms with Crippen LogP contribution < -0.4 is 5.32 Å². The Morgan fingerprint density at radius 3 is 2.14 bits per heavy atom. The van der Waals surface area contributed by atoms with Gasteiger partial charge in [-0.1, -0.05) is 0 Å². The van der Waals surface area contributed by atoms with Gasteiger partial charge >= 0.3 is 0 Å². The first-order valence-corrected chi connectivity index (χ1v) is 8.46. The van der Waals surface area contributed by atoms with Crippen molar-refractivity contribution in [3.05, 3.63) is 10.1 Å². The van der Waals surface area contributed by atoms with Crippen molar-refractivity contribution in [2.45, 2.75) is 57.4 Å². The summed E-state index contributed by atoms with van der Waals surface area (Å²) in [5, 5.41) is 13.6. The van der Waals surface area contributed by atoms with Gasteiger partial charge in [0.1, 0.15) is 5.92 Å². The van der Waals surface area contributed by atoms with E-state index in [0.29, 0.717) is 18.4 Å². The van der Waals surface area contributed by atoms with Gasteiger partial charge in [-0.2, -0.15) is 0 Å². The van der Waals surface area contributed by atoms with Gasteiger partial charge in [0, 0.05) is 17.9 Å². The fourth-order valence-electron chi connectivity index (χ4n) is 5.87. The summed E-state index contributed by atoms with van der Waals surface area (Å²) in [5.74, 6) is 2.36. The molecule has 5 fully saturated rings. The van der Waals surface area contributed by atoms with Gasteiger partial charge in [-0.05, 0) is 68.1 Å². The second-order valence-corrected chi connectivity index (χ2v) is 8.15. The summed E-state index contributed by atoms with van der Waals surface area (Å²) in [6.07, 6.45) is 9.91. The van der Waals surface area contributed by atoms with Crippen molar-refractivity contribution in [2.24, 2.45) is 29.1 Å². The van der Waals surface area contributed by atoms with Crippen molar-refractivity contribution in [1.29, 1.82) is 0 Å². The highest BCUT2D eigenvalue weighted by Gasteiger charge is 2.54. The zero-order chi connectivity index (χ0) is 14.6. The molecule has 5 nitrogen and oxygen atoms in total. The highest BCUT2D eigenvalue weighted by Crippen LogP contribution is 2.61. The molecule has 5 saturated carbocycles. The molecule has 0 aromatic rings. The molecule has 21 heavy (non-hydrogen) atoms. The summed E-state index contributed by atoms with van der Waals surface area (Å²) in [6, 6.07) is -0.621. The van der Waals surface area contributed by atoms with Crippen LogP contribution in [0.3, 0.4) is 0 Å². The quantitative estimate of drug-likeness (QED) is 0.624. The number of hydrogen-bond donors (Lipinski definition) is 1. The highest BCUT2D eigenvalue weighted by molar-refractivity contribution is 5.81. The zero-order valence-electron chi connectivity index (χ0n) is 12.4. The van der Waals surface area contributed by atoms with Crippen molar-refractivity contribution in [1.82, 2.24) is 5.32 Å². The monoisotopic (exact) mass is 292 g/mol. The smallest absolute Gasteiger partial charge is 0.230 e. The Kier molecular flexibility index (Phi) is 3.02. The maximum Gasteiger partial charge on any atom is 0.230 e. The molecule has 4 bridgehead atoms. The van der Waals surface area contributed by atoms with Gasteiger partial charge in [0.05, 0.1) is 0 Å². The third kappa shape index (κ3) is 2.44. The SMILES string of the molecule is O=C(NCCC12CC3CC(CC(C3)C1)C2)[C@@H]1C[C@@H]1[N+](=O)[O-]. The van der Waals surface area contributed by atoms with E-state index in [0.717, 1.165) is 24.2 Å². The van der Waals surface area contributed by atoms with E-state index in [2.05, 4.69) is 5.32 Å². The lowest BCUT2D eigenvalue weighted by molar-refractivity contribution is -0.497. The van der Waals surface area contributed by atoms with E-state index in [4.69, 9.17) is 0 Å². The Hall–Kier alpha value is -1.13. The molecule has 5 rings (SSSR count). The third-order valence-electron chi connectivity index (χ3n) is 6.48. The second kappa shape index (κ2) is 4.68. The first kappa shape index (κ1) is 13.5. The normalized spacial score (nSPS) is 46.4. The standard InChI is InChI=1S/C16H24N2O3/c19-15(13-6-14(13)18(20)21)17-2-1-16-7-10-3-11(8-16)5-12(4-10)9-16/h10-14H,1-9H2,(H,17,19)/t10?,11?,12?,13-,14+,16?/m1/s1. The summed E-state index contributed by atoms with van der Waals surface area (Å²) in [5.41, 5.74) is 0.480. The van der Waals surface area contributed by atoms with Crippen LogP contribution >= 0.6 is 0 Å². The molecule has 0 heterocycles. The Balaban J connectivity index is 1.28. The van der Waals surface area contributed by atoms with E-state index in [9.17, 15) is 14.9 Å². The van der Waals surface area contributed by atoms with Crippen LogP contribution in [-0.2, 0) is 4.79 Å². The van der Waals surface area contributed by atoms with Gasteiger partial charge in [0.15, 0.2) is 0 Å². The zero-order valence-corrected chi connectivity index (χ0v) is 12.4. The van der Waals surface area contributed by atoms with Crippen LogP contribution in [0.15, 0.2) is 0 Å². The lowest BCUT2D eigenvalue weighted by Gasteiger charge is -2.57. The molecule has 116 valence electrons. The van der Waals surface area contributed by atoms with E-state index >= 15 is 0 Å². The van der Waals surface area contributed by atoms with Crippen LogP contribution in [0, 0.1) is 39.2 Å². The number of hydrogen-bond acceptors (Lipinski definition) is 3. The Morgan fingerprint density at radius 1 is 1.10 bits per heavy atom. The topological polar surface area (TPSA) is 72.2 Å². The summed E-state index contributed by atoms with van der Waals surface area (Å²) < 4.78 is 0. The summed E-state index contributed by atoms with van der Waals surface area (Å²) in [6.45, 7) is 0.714. The fraction of sp³-hybridized carbons (Fsp3) is 0.938. The van der Waals surface area contributed by atoms with Crippen LogP contribution in [0.4, 0.5) is 0 Å². The highest BCUT2D eigenvalue weighted by atomic mass is 16.6. The van der Waals surface area contributed by atoms with Crippen molar-refractivity contribution in [3.8, 4) is 0 Å².